The van der Waals surface area contributed by atoms with Gasteiger partial charge in [-0.15, -0.1) is 0 Å². The van der Waals surface area contributed by atoms with Gasteiger partial charge in [0.1, 0.15) is 17.6 Å². The molecule has 0 saturated heterocycles. The number of carbonyl (C=O) groups is 1. The first kappa shape index (κ1) is 16.8. The van der Waals surface area contributed by atoms with E-state index < -0.39 is 6.04 Å². The predicted molar refractivity (Wildman–Crippen MR) is 78.3 cm³/mol. The molecule has 0 aliphatic carbocycles. The molecule has 112 valence electrons. The molecular weight excluding hydrogens is 281 g/mol. The molecule has 0 aliphatic heterocycles. The summed E-state index contributed by atoms with van der Waals surface area (Å²) in [4.78, 5) is 11.3. The Morgan fingerprint density at radius 2 is 2.25 bits per heavy atom. The van der Waals surface area contributed by atoms with Crippen molar-refractivity contribution in [2.45, 2.75) is 25.1 Å². The Hall–Kier alpha value is -1.27. The Bertz CT molecular complexity index is 442. The maximum atomic E-state index is 13.7. The number of esters is 1. The molecule has 0 aromatic heterocycles. The first-order chi connectivity index (χ1) is 9.58. The van der Waals surface area contributed by atoms with Gasteiger partial charge in [-0.05, 0) is 30.7 Å². The van der Waals surface area contributed by atoms with Crippen molar-refractivity contribution in [2.75, 3.05) is 19.5 Å². The van der Waals surface area contributed by atoms with Crippen LogP contribution in [0.25, 0.3) is 0 Å². The molecule has 0 saturated carbocycles. The average Bonchev–Trinajstić information content (AvgIpc) is 2.44. The molecule has 0 radical (unpaired) electrons. The fraction of sp³-hybridized carbons (Fsp3) is 0.500. The Morgan fingerprint density at radius 1 is 1.50 bits per heavy atom. The van der Waals surface area contributed by atoms with Gasteiger partial charge in [0.25, 0.3) is 0 Å². The highest BCUT2D eigenvalue weighted by atomic mass is 32.2. The SMILES string of the molecule is CCOC(=O)C(N)CCSCc1ccc(OC)cc1F. The Kier molecular flexibility index (Phi) is 7.40. The molecule has 0 bridgehead atoms. The topological polar surface area (TPSA) is 61.5 Å². The van der Waals surface area contributed by atoms with E-state index in [1.165, 1.54) is 24.9 Å². The van der Waals surface area contributed by atoms with Crippen molar-refractivity contribution in [2.24, 2.45) is 5.73 Å². The molecule has 1 aromatic carbocycles. The van der Waals surface area contributed by atoms with Crippen LogP contribution in [0, 0.1) is 5.82 Å². The standard InChI is InChI=1S/C14H20FNO3S/c1-3-19-14(17)13(16)6-7-20-9-10-4-5-11(18-2)8-12(10)15/h4-5,8,13H,3,6-7,9,16H2,1-2H3. The number of nitrogens with two attached hydrogens (primary N) is 1. The van der Waals surface area contributed by atoms with Gasteiger partial charge in [0, 0.05) is 11.8 Å². The van der Waals surface area contributed by atoms with Crippen molar-refractivity contribution in [1.82, 2.24) is 0 Å². The number of halogens is 1. The monoisotopic (exact) mass is 301 g/mol. The molecular formula is C14H20FNO3S. The summed E-state index contributed by atoms with van der Waals surface area (Å²) in [5.74, 6) is 1.03. The molecule has 0 heterocycles. The Morgan fingerprint density at radius 3 is 2.85 bits per heavy atom. The van der Waals surface area contributed by atoms with Crippen molar-refractivity contribution in [3.63, 3.8) is 0 Å². The van der Waals surface area contributed by atoms with E-state index in [-0.39, 0.29) is 11.8 Å². The third-order valence-corrected chi connectivity index (χ3v) is 3.72. The van der Waals surface area contributed by atoms with Crippen LogP contribution in [0.5, 0.6) is 5.75 Å². The molecule has 2 N–H and O–H groups in total. The van der Waals surface area contributed by atoms with Crippen molar-refractivity contribution in [3.05, 3.63) is 29.6 Å². The summed E-state index contributed by atoms with van der Waals surface area (Å²) in [6.45, 7) is 2.07. The highest BCUT2D eigenvalue weighted by molar-refractivity contribution is 7.98. The predicted octanol–water partition coefficient (Wildman–Crippen LogP) is 2.35. The number of hydrogen-bond donors (Lipinski definition) is 1. The fourth-order valence-corrected chi connectivity index (χ4v) is 2.55. The van der Waals surface area contributed by atoms with Gasteiger partial charge in [-0.3, -0.25) is 4.79 Å². The van der Waals surface area contributed by atoms with Crippen LogP contribution >= 0.6 is 11.8 Å². The van der Waals surface area contributed by atoms with E-state index >= 15 is 0 Å². The zero-order chi connectivity index (χ0) is 15.0. The largest absolute Gasteiger partial charge is 0.497 e. The fourth-order valence-electron chi connectivity index (χ4n) is 1.53. The van der Waals surface area contributed by atoms with Gasteiger partial charge in [-0.25, -0.2) is 4.39 Å². The molecule has 1 unspecified atom stereocenters. The van der Waals surface area contributed by atoms with E-state index in [0.717, 1.165) is 0 Å². The number of ether oxygens (including phenoxy) is 2. The Labute approximate surface area is 122 Å². The quantitative estimate of drug-likeness (QED) is 0.590. The number of hydrogen-bond acceptors (Lipinski definition) is 5. The van der Waals surface area contributed by atoms with Crippen LogP contribution in [0.1, 0.15) is 18.9 Å². The van der Waals surface area contributed by atoms with Gasteiger partial charge < -0.3 is 15.2 Å². The second-order valence-corrected chi connectivity index (χ2v) is 5.26. The molecule has 0 amide bonds. The lowest BCUT2D eigenvalue weighted by Crippen LogP contribution is -2.32. The summed E-state index contributed by atoms with van der Waals surface area (Å²) in [5.41, 5.74) is 6.28. The number of carbonyl (C=O) groups excluding carboxylic acids is 1. The lowest BCUT2D eigenvalue weighted by Gasteiger charge is -2.10. The van der Waals surface area contributed by atoms with Crippen LogP contribution in [0.4, 0.5) is 4.39 Å². The smallest absolute Gasteiger partial charge is 0.322 e. The van der Waals surface area contributed by atoms with Gasteiger partial charge >= 0.3 is 5.97 Å². The minimum atomic E-state index is -0.608. The van der Waals surface area contributed by atoms with Crippen LogP contribution in [-0.4, -0.2) is 31.5 Å². The summed E-state index contributed by atoms with van der Waals surface area (Å²) in [6, 6.07) is 4.18. The molecule has 1 rings (SSSR count). The highest BCUT2D eigenvalue weighted by Crippen LogP contribution is 2.21. The first-order valence-corrected chi connectivity index (χ1v) is 7.56. The van der Waals surface area contributed by atoms with Gasteiger partial charge in [0.2, 0.25) is 0 Å². The second kappa shape index (κ2) is 8.81. The van der Waals surface area contributed by atoms with Crippen LogP contribution in [-0.2, 0) is 15.3 Å². The third kappa shape index (κ3) is 5.38. The summed E-state index contributed by atoms with van der Waals surface area (Å²) in [6.07, 6.45) is 0.515. The van der Waals surface area contributed by atoms with Gasteiger partial charge in [-0.1, -0.05) is 6.07 Å². The molecule has 0 spiro atoms. The number of methoxy groups -OCH3 is 1. The van der Waals surface area contributed by atoms with Crippen LogP contribution in [0.15, 0.2) is 18.2 Å². The molecule has 0 aliphatic rings. The number of rotatable bonds is 8. The number of benzene rings is 1. The summed E-state index contributed by atoms with van der Waals surface area (Å²) < 4.78 is 23.4. The maximum Gasteiger partial charge on any atom is 0.322 e. The van der Waals surface area contributed by atoms with Gasteiger partial charge in [0.05, 0.1) is 13.7 Å². The lowest BCUT2D eigenvalue weighted by atomic mass is 10.2. The zero-order valence-corrected chi connectivity index (χ0v) is 12.5. The van der Waals surface area contributed by atoms with Crippen molar-refractivity contribution < 1.29 is 18.7 Å². The van der Waals surface area contributed by atoms with Gasteiger partial charge in [-0.2, -0.15) is 11.8 Å². The van der Waals surface area contributed by atoms with Crippen LogP contribution in [0.2, 0.25) is 0 Å². The summed E-state index contributed by atoms with van der Waals surface area (Å²) in [7, 11) is 1.50. The summed E-state index contributed by atoms with van der Waals surface area (Å²) in [5, 5.41) is 0. The number of thioether (sulfide) groups is 1. The molecule has 6 heteroatoms. The van der Waals surface area contributed by atoms with Crippen LogP contribution < -0.4 is 10.5 Å². The van der Waals surface area contributed by atoms with Crippen molar-refractivity contribution in [1.29, 1.82) is 0 Å². The Balaban J connectivity index is 2.32. The minimum absolute atomic E-state index is 0.286. The van der Waals surface area contributed by atoms with Crippen LogP contribution in [0.3, 0.4) is 0 Å². The third-order valence-electron chi connectivity index (χ3n) is 2.68. The minimum Gasteiger partial charge on any atom is -0.497 e. The zero-order valence-electron chi connectivity index (χ0n) is 11.7. The summed E-state index contributed by atoms with van der Waals surface area (Å²) >= 11 is 1.53. The van der Waals surface area contributed by atoms with Crippen molar-refractivity contribution >= 4 is 17.7 Å². The van der Waals surface area contributed by atoms with E-state index in [2.05, 4.69) is 0 Å². The van der Waals surface area contributed by atoms with E-state index in [9.17, 15) is 9.18 Å². The molecule has 20 heavy (non-hydrogen) atoms. The average molecular weight is 301 g/mol. The molecule has 1 atom stereocenters. The molecule has 1 aromatic rings. The lowest BCUT2D eigenvalue weighted by molar-refractivity contribution is -0.144. The van der Waals surface area contributed by atoms with E-state index in [1.807, 2.05) is 0 Å². The normalized spacial score (nSPS) is 12.0. The van der Waals surface area contributed by atoms with Gasteiger partial charge in [0.15, 0.2) is 0 Å². The second-order valence-electron chi connectivity index (χ2n) is 4.16. The van der Waals surface area contributed by atoms with E-state index in [0.29, 0.717) is 35.8 Å². The first-order valence-electron chi connectivity index (χ1n) is 6.40. The van der Waals surface area contributed by atoms with E-state index in [1.54, 1.807) is 19.1 Å². The molecule has 0 fully saturated rings. The van der Waals surface area contributed by atoms with E-state index in [4.69, 9.17) is 15.2 Å². The van der Waals surface area contributed by atoms with Crippen molar-refractivity contribution in [3.8, 4) is 5.75 Å². The maximum absolute atomic E-state index is 13.7. The molecule has 4 nitrogen and oxygen atoms in total. The highest BCUT2D eigenvalue weighted by Gasteiger charge is 2.14.